The Labute approximate surface area is 152 Å². The zero-order chi connectivity index (χ0) is 19.3. The largest absolute Gasteiger partial charge is 0.348 e. The summed E-state index contributed by atoms with van der Waals surface area (Å²) >= 11 is 0. The van der Waals surface area contributed by atoms with Crippen molar-refractivity contribution < 1.29 is 14.0 Å². The van der Waals surface area contributed by atoms with Crippen molar-refractivity contribution in [2.75, 3.05) is 6.54 Å². The molecule has 0 saturated heterocycles. The molecule has 26 heavy (non-hydrogen) atoms. The average molecular weight is 360 g/mol. The number of carbonyl (C=O) groups excluding carboxylic acids is 2. The molecule has 2 N–H and O–H groups in total. The molecule has 2 amide bonds. The van der Waals surface area contributed by atoms with Crippen LogP contribution in [0.2, 0.25) is 0 Å². The molecule has 2 rings (SSSR count). The maximum Gasteiger partial charge on any atom is 0.239 e. The van der Waals surface area contributed by atoms with Gasteiger partial charge in [-0.25, -0.2) is 9.07 Å². The van der Waals surface area contributed by atoms with E-state index < -0.39 is 0 Å². The van der Waals surface area contributed by atoms with Gasteiger partial charge in [0.1, 0.15) is 5.82 Å². The predicted molar refractivity (Wildman–Crippen MR) is 97.3 cm³/mol. The summed E-state index contributed by atoms with van der Waals surface area (Å²) in [5, 5.41) is 9.82. The summed E-state index contributed by atoms with van der Waals surface area (Å²) in [6.07, 6.45) is 2.41. The summed E-state index contributed by atoms with van der Waals surface area (Å²) in [6.45, 7) is 7.43. The first-order valence-corrected chi connectivity index (χ1v) is 8.71. The first-order chi connectivity index (χ1) is 12.3. The fourth-order valence-electron chi connectivity index (χ4n) is 2.59. The van der Waals surface area contributed by atoms with Crippen LogP contribution in [-0.2, 0) is 9.59 Å². The second-order valence-corrected chi connectivity index (χ2v) is 6.39. The maximum atomic E-state index is 13.1. The van der Waals surface area contributed by atoms with Gasteiger partial charge >= 0.3 is 0 Å². The summed E-state index contributed by atoms with van der Waals surface area (Å²) in [5.41, 5.74) is 2.46. The van der Waals surface area contributed by atoms with Crippen LogP contribution in [0, 0.1) is 18.7 Å². The van der Waals surface area contributed by atoms with Crippen molar-refractivity contribution >= 4 is 11.8 Å². The SMILES string of the molecule is CC[C@H](C)C(=O)NCC(=O)N[C@H](C)c1cnn(-c2ccc(F)cc2)c1C. The molecule has 0 aliphatic carbocycles. The van der Waals surface area contributed by atoms with Crippen molar-refractivity contribution in [1.29, 1.82) is 0 Å². The lowest BCUT2D eigenvalue weighted by Gasteiger charge is -2.15. The second kappa shape index (κ2) is 8.60. The van der Waals surface area contributed by atoms with Gasteiger partial charge < -0.3 is 10.6 Å². The highest BCUT2D eigenvalue weighted by Crippen LogP contribution is 2.20. The third kappa shape index (κ3) is 4.68. The Hall–Kier alpha value is -2.70. The molecule has 1 aromatic heterocycles. The van der Waals surface area contributed by atoms with E-state index in [1.54, 1.807) is 23.0 Å². The lowest BCUT2D eigenvalue weighted by Crippen LogP contribution is -2.39. The molecule has 0 aliphatic heterocycles. The summed E-state index contributed by atoms with van der Waals surface area (Å²) in [7, 11) is 0. The maximum absolute atomic E-state index is 13.1. The quantitative estimate of drug-likeness (QED) is 0.797. The number of halogens is 1. The van der Waals surface area contributed by atoms with E-state index in [0.29, 0.717) is 0 Å². The van der Waals surface area contributed by atoms with Crippen LogP contribution >= 0.6 is 0 Å². The Kier molecular flexibility index (Phi) is 6.49. The van der Waals surface area contributed by atoms with Crippen LogP contribution in [-0.4, -0.2) is 28.1 Å². The Morgan fingerprint density at radius 1 is 1.23 bits per heavy atom. The van der Waals surface area contributed by atoms with E-state index in [-0.39, 0.29) is 36.1 Å². The molecule has 2 atom stereocenters. The van der Waals surface area contributed by atoms with E-state index in [0.717, 1.165) is 23.4 Å². The first-order valence-electron chi connectivity index (χ1n) is 8.71. The normalized spacial score (nSPS) is 13.1. The van der Waals surface area contributed by atoms with Crippen LogP contribution in [0.3, 0.4) is 0 Å². The minimum Gasteiger partial charge on any atom is -0.348 e. The van der Waals surface area contributed by atoms with E-state index >= 15 is 0 Å². The van der Waals surface area contributed by atoms with Crippen LogP contribution in [0.25, 0.3) is 5.69 Å². The Bertz CT molecular complexity index is 770. The predicted octanol–water partition coefficient (Wildman–Crippen LogP) is 2.66. The topological polar surface area (TPSA) is 76.0 Å². The van der Waals surface area contributed by atoms with Crippen molar-refractivity contribution in [3.63, 3.8) is 0 Å². The number of hydrogen-bond donors (Lipinski definition) is 2. The van der Waals surface area contributed by atoms with Crippen LogP contribution in [0.15, 0.2) is 30.5 Å². The number of nitrogens with one attached hydrogen (secondary N) is 2. The smallest absolute Gasteiger partial charge is 0.239 e. The van der Waals surface area contributed by atoms with E-state index in [1.807, 2.05) is 27.7 Å². The van der Waals surface area contributed by atoms with Gasteiger partial charge in [-0.3, -0.25) is 9.59 Å². The number of amides is 2. The van der Waals surface area contributed by atoms with E-state index in [2.05, 4.69) is 15.7 Å². The van der Waals surface area contributed by atoms with Crippen molar-refractivity contribution in [2.45, 2.75) is 40.2 Å². The molecule has 0 bridgehead atoms. The lowest BCUT2D eigenvalue weighted by molar-refractivity contribution is -0.128. The van der Waals surface area contributed by atoms with Gasteiger partial charge in [0.2, 0.25) is 11.8 Å². The first kappa shape index (κ1) is 19.6. The zero-order valence-electron chi connectivity index (χ0n) is 15.5. The van der Waals surface area contributed by atoms with Crippen LogP contribution in [0.5, 0.6) is 0 Å². The molecule has 2 aromatic rings. The van der Waals surface area contributed by atoms with Gasteiger partial charge in [0.15, 0.2) is 0 Å². The number of carbonyl (C=O) groups is 2. The third-order valence-electron chi connectivity index (χ3n) is 4.45. The minimum absolute atomic E-state index is 0.0569. The molecule has 1 aromatic carbocycles. The number of hydrogen-bond acceptors (Lipinski definition) is 3. The number of aromatic nitrogens is 2. The van der Waals surface area contributed by atoms with E-state index in [1.165, 1.54) is 12.1 Å². The van der Waals surface area contributed by atoms with E-state index in [4.69, 9.17) is 0 Å². The lowest BCUT2D eigenvalue weighted by atomic mass is 10.1. The van der Waals surface area contributed by atoms with E-state index in [9.17, 15) is 14.0 Å². The van der Waals surface area contributed by atoms with Crippen molar-refractivity contribution in [1.82, 2.24) is 20.4 Å². The molecule has 140 valence electrons. The van der Waals surface area contributed by atoms with Crippen molar-refractivity contribution in [3.05, 3.63) is 47.5 Å². The Morgan fingerprint density at radius 3 is 2.50 bits per heavy atom. The molecular formula is C19H25FN4O2. The van der Waals surface area contributed by atoms with Gasteiger partial charge in [0.25, 0.3) is 0 Å². The molecule has 0 unspecified atom stereocenters. The molecule has 7 heteroatoms. The van der Waals surface area contributed by atoms with Gasteiger partial charge in [0.05, 0.1) is 24.5 Å². The minimum atomic E-state index is -0.307. The Balaban J connectivity index is 1.99. The number of rotatable bonds is 7. The number of nitrogens with zero attached hydrogens (tertiary/aromatic N) is 2. The fourth-order valence-corrected chi connectivity index (χ4v) is 2.59. The zero-order valence-corrected chi connectivity index (χ0v) is 15.5. The van der Waals surface area contributed by atoms with Crippen LogP contribution < -0.4 is 10.6 Å². The monoisotopic (exact) mass is 360 g/mol. The van der Waals surface area contributed by atoms with Crippen molar-refractivity contribution in [2.24, 2.45) is 5.92 Å². The van der Waals surface area contributed by atoms with Gasteiger partial charge in [-0.2, -0.15) is 5.10 Å². The molecular weight excluding hydrogens is 335 g/mol. The summed E-state index contributed by atoms with van der Waals surface area (Å²) < 4.78 is 14.8. The van der Waals surface area contributed by atoms with Crippen molar-refractivity contribution in [3.8, 4) is 5.69 Å². The van der Waals surface area contributed by atoms with Crippen LogP contribution in [0.1, 0.15) is 44.5 Å². The molecule has 0 aliphatic rings. The third-order valence-corrected chi connectivity index (χ3v) is 4.45. The molecule has 6 nitrogen and oxygen atoms in total. The average Bonchev–Trinajstić information content (AvgIpc) is 3.01. The van der Waals surface area contributed by atoms with Gasteiger partial charge in [-0.1, -0.05) is 13.8 Å². The molecule has 0 spiro atoms. The highest BCUT2D eigenvalue weighted by molar-refractivity contribution is 5.85. The number of benzene rings is 1. The highest BCUT2D eigenvalue weighted by atomic mass is 19.1. The summed E-state index contributed by atoms with van der Waals surface area (Å²) in [6, 6.07) is 5.78. The Morgan fingerprint density at radius 2 is 1.88 bits per heavy atom. The molecule has 1 heterocycles. The fraction of sp³-hybridized carbons (Fsp3) is 0.421. The summed E-state index contributed by atoms with van der Waals surface area (Å²) in [4.78, 5) is 23.8. The molecule has 0 radical (unpaired) electrons. The molecule has 0 fully saturated rings. The second-order valence-electron chi connectivity index (χ2n) is 6.39. The van der Waals surface area contributed by atoms with Crippen LogP contribution in [0.4, 0.5) is 4.39 Å². The van der Waals surface area contributed by atoms with Gasteiger partial charge in [-0.15, -0.1) is 0 Å². The van der Waals surface area contributed by atoms with Gasteiger partial charge in [-0.05, 0) is 44.5 Å². The van der Waals surface area contributed by atoms with Gasteiger partial charge in [0, 0.05) is 17.2 Å². The molecule has 0 saturated carbocycles. The summed E-state index contributed by atoms with van der Waals surface area (Å²) in [5.74, 6) is -0.811. The highest BCUT2D eigenvalue weighted by Gasteiger charge is 2.17. The standard InChI is InChI=1S/C19H25FN4O2/c1-5-12(2)19(26)21-11-18(25)23-13(3)17-10-22-24(14(17)4)16-8-6-15(20)7-9-16/h6-10,12-13H,5,11H2,1-4H3,(H,21,26)(H,23,25)/t12-,13+/m0/s1.